The number of aliphatic imine (C=N–C) groups is 1. The molecule has 10 heteroatoms. The average Bonchev–Trinajstić information content (AvgIpc) is 3.19. The third-order valence-corrected chi connectivity index (χ3v) is 8.35. The smallest absolute Gasteiger partial charge is 0.285 e. The van der Waals surface area contributed by atoms with Crippen LogP contribution >= 0.6 is 23.4 Å². The van der Waals surface area contributed by atoms with Crippen LogP contribution in [0.1, 0.15) is 6.92 Å². The number of carbonyl (C=O) groups is 1. The lowest BCUT2D eigenvalue weighted by Gasteiger charge is -2.24. The number of halogens is 1. The predicted octanol–water partition coefficient (Wildman–Crippen LogP) is 3.42. The number of amidine groups is 1. The Morgan fingerprint density at radius 3 is 2.42 bits per heavy atom. The van der Waals surface area contributed by atoms with Gasteiger partial charge >= 0.3 is 0 Å². The summed E-state index contributed by atoms with van der Waals surface area (Å²) in [6.45, 7) is 2.23. The van der Waals surface area contributed by atoms with Gasteiger partial charge in [-0.25, -0.2) is 8.42 Å². The van der Waals surface area contributed by atoms with Gasteiger partial charge in [0.1, 0.15) is 11.5 Å². The Morgan fingerprint density at radius 1 is 1.10 bits per heavy atom. The number of ether oxygens (including phenoxy) is 2. The molecular formula is C21H21ClN2O5S2. The molecule has 0 aromatic heterocycles. The molecule has 0 saturated carbocycles. The lowest BCUT2D eigenvalue weighted by atomic mass is 10.2. The molecule has 2 saturated heterocycles. The molecule has 2 atom stereocenters. The number of rotatable bonds is 6. The van der Waals surface area contributed by atoms with Gasteiger partial charge in [-0.15, -0.1) is 0 Å². The summed E-state index contributed by atoms with van der Waals surface area (Å²) >= 11 is 7.18. The van der Waals surface area contributed by atoms with E-state index in [0.29, 0.717) is 22.5 Å². The summed E-state index contributed by atoms with van der Waals surface area (Å²) in [6, 6.07) is 13.8. The molecule has 4 rings (SSSR count). The molecule has 0 spiro atoms. The highest BCUT2D eigenvalue weighted by molar-refractivity contribution is 8.16. The topological polar surface area (TPSA) is 85.3 Å². The van der Waals surface area contributed by atoms with Crippen LogP contribution in [0, 0.1) is 0 Å². The van der Waals surface area contributed by atoms with Crippen LogP contribution in [0.15, 0.2) is 53.5 Å². The van der Waals surface area contributed by atoms with Gasteiger partial charge in [-0.2, -0.15) is 4.99 Å². The van der Waals surface area contributed by atoms with Crippen molar-refractivity contribution in [1.82, 2.24) is 0 Å². The normalized spacial score (nSPS) is 23.0. The number of thioether (sulfide) groups is 1. The quantitative estimate of drug-likeness (QED) is 0.626. The lowest BCUT2D eigenvalue weighted by Crippen LogP contribution is -2.37. The zero-order valence-electron chi connectivity index (χ0n) is 16.7. The van der Waals surface area contributed by atoms with Crippen molar-refractivity contribution < 1.29 is 22.7 Å². The van der Waals surface area contributed by atoms with Crippen molar-refractivity contribution in [3.8, 4) is 11.5 Å². The maximum Gasteiger partial charge on any atom is 0.285 e. The lowest BCUT2D eigenvalue weighted by molar-refractivity contribution is -0.119. The Labute approximate surface area is 190 Å². The van der Waals surface area contributed by atoms with Crippen molar-refractivity contribution in [1.29, 1.82) is 0 Å². The molecule has 164 valence electrons. The first-order valence-corrected chi connectivity index (χ1v) is 12.8. The van der Waals surface area contributed by atoms with E-state index in [0.717, 1.165) is 11.4 Å². The van der Waals surface area contributed by atoms with Gasteiger partial charge in [0.05, 0.1) is 24.2 Å². The van der Waals surface area contributed by atoms with Crippen molar-refractivity contribution in [2.75, 3.05) is 29.6 Å². The molecule has 0 radical (unpaired) electrons. The maximum absolute atomic E-state index is 12.5. The molecule has 0 N–H and O–H groups in total. The fourth-order valence-corrected chi connectivity index (χ4v) is 7.61. The summed E-state index contributed by atoms with van der Waals surface area (Å²) in [5.41, 5.74) is 0.769. The van der Waals surface area contributed by atoms with Gasteiger partial charge in [-0.05, 0) is 55.5 Å². The monoisotopic (exact) mass is 480 g/mol. The standard InChI is InChI=1S/C21H21ClN2O5S2/c1-2-28-16-9-5-15(6-10-16)24-18-12-31(26,27)13-19(18)30-21(24)23-20(25)11-29-17-7-3-14(22)4-8-17/h3-10,18-19H,2,11-13H2,1H3/t18-,19-/m0/s1. The number of nitrogens with zero attached hydrogens (tertiary/aromatic N) is 2. The maximum atomic E-state index is 12.5. The van der Waals surface area contributed by atoms with Gasteiger partial charge in [-0.3, -0.25) is 4.79 Å². The molecule has 2 aliphatic rings. The molecule has 2 aliphatic heterocycles. The van der Waals surface area contributed by atoms with E-state index < -0.39 is 15.7 Å². The molecule has 31 heavy (non-hydrogen) atoms. The SMILES string of the molecule is CCOc1ccc(N2C(=NC(=O)COc3ccc(Cl)cc3)S[C@H]3CS(=O)(=O)C[C@@H]32)cc1. The highest BCUT2D eigenvalue weighted by atomic mass is 35.5. The molecule has 0 bridgehead atoms. The predicted molar refractivity (Wildman–Crippen MR) is 123 cm³/mol. The van der Waals surface area contributed by atoms with Gasteiger partial charge in [0.25, 0.3) is 5.91 Å². The fraction of sp³-hybridized carbons (Fsp3) is 0.333. The number of sulfone groups is 1. The second-order valence-corrected chi connectivity index (χ2v) is 10.9. The second-order valence-electron chi connectivity index (χ2n) is 7.13. The number of hydrogen-bond donors (Lipinski definition) is 0. The van der Waals surface area contributed by atoms with Crippen molar-refractivity contribution in [3.63, 3.8) is 0 Å². The first-order chi connectivity index (χ1) is 14.8. The molecule has 2 aromatic carbocycles. The number of hydrogen-bond acceptors (Lipinski definition) is 6. The Hall–Kier alpha value is -2.23. The Morgan fingerprint density at radius 2 is 1.74 bits per heavy atom. The van der Waals surface area contributed by atoms with Crippen LogP contribution in [0.2, 0.25) is 5.02 Å². The molecule has 2 aromatic rings. The van der Waals surface area contributed by atoms with Gasteiger partial charge < -0.3 is 14.4 Å². The van der Waals surface area contributed by atoms with Crippen LogP contribution in [-0.4, -0.2) is 55.5 Å². The third-order valence-electron chi connectivity index (χ3n) is 4.89. The van der Waals surface area contributed by atoms with Gasteiger partial charge in [0, 0.05) is 16.0 Å². The Kier molecular flexibility index (Phi) is 6.45. The molecule has 0 aliphatic carbocycles. The average molecular weight is 481 g/mol. The molecule has 2 heterocycles. The zero-order chi connectivity index (χ0) is 22.0. The summed E-state index contributed by atoms with van der Waals surface area (Å²) < 4.78 is 35.3. The summed E-state index contributed by atoms with van der Waals surface area (Å²) in [5.74, 6) is 0.899. The number of carbonyl (C=O) groups excluding carboxylic acids is 1. The third kappa shape index (κ3) is 5.16. The van der Waals surface area contributed by atoms with E-state index in [1.165, 1.54) is 11.8 Å². The number of anilines is 1. The van der Waals surface area contributed by atoms with Crippen molar-refractivity contribution >= 4 is 50.0 Å². The van der Waals surface area contributed by atoms with Gasteiger partial charge in [0.2, 0.25) is 0 Å². The van der Waals surface area contributed by atoms with Crippen LogP contribution in [0.3, 0.4) is 0 Å². The molecular weight excluding hydrogens is 460 g/mol. The van der Waals surface area contributed by atoms with E-state index in [9.17, 15) is 13.2 Å². The van der Waals surface area contributed by atoms with Gasteiger partial charge in [0.15, 0.2) is 21.6 Å². The first-order valence-electron chi connectivity index (χ1n) is 9.74. The van der Waals surface area contributed by atoms with Crippen LogP contribution in [0.4, 0.5) is 5.69 Å². The second kappa shape index (κ2) is 9.10. The van der Waals surface area contributed by atoms with Crippen molar-refractivity contribution in [3.05, 3.63) is 53.6 Å². The van der Waals surface area contributed by atoms with Crippen LogP contribution < -0.4 is 14.4 Å². The van der Waals surface area contributed by atoms with E-state index in [4.69, 9.17) is 21.1 Å². The minimum atomic E-state index is -3.13. The Bertz CT molecular complexity index is 1090. The number of benzene rings is 2. The summed E-state index contributed by atoms with van der Waals surface area (Å²) in [7, 11) is -3.13. The van der Waals surface area contributed by atoms with E-state index in [1.54, 1.807) is 24.3 Å². The van der Waals surface area contributed by atoms with Crippen molar-refractivity contribution in [2.45, 2.75) is 18.2 Å². The molecule has 1 amide bonds. The minimum absolute atomic E-state index is 0.0341. The van der Waals surface area contributed by atoms with E-state index in [2.05, 4.69) is 4.99 Å². The van der Waals surface area contributed by atoms with Crippen molar-refractivity contribution in [2.24, 2.45) is 4.99 Å². The highest BCUT2D eigenvalue weighted by Gasteiger charge is 2.49. The fourth-order valence-electron chi connectivity index (χ4n) is 3.55. The Balaban J connectivity index is 1.54. The number of amides is 1. The molecule has 0 unspecified atom stereocenters. The molecule has 2 fully saturated rings. The highest BCUT2D eigenvalue weighted by Crippen LogP contribution is 2.41. The van der Waals surface area contributed by atoms with E-state index in [1.807, 2.05) is 36.1 Å². The zero-order valence-corrected chi connectivity index (χ0v) is 19.1. The van der Waals surface area contributed by atoms with E-state index >= 15 is 0 Å². The van der Waals surface area contributed by atoms with E-state index in [-0.39, 0.29) is 29.4 Å². The molecule has 7 nitrogen and oxygen atoms in total. The minimum Gasteiger partial charge on any atom is -0.494 e. The summed E-state index contributed by atoms with van der Waals surface area (Å²) in [4.78, 5) is 18.6. The number of fused-ring (bicyclic) bond motifs is 1. The summed E-state index contributed by atoms with van der Waals surface area (Å²) in [6.07, 6.45) is 0. The van der Waals surface area contributed by atoms with Crippen LogP contribution in [-0.2, 0) is 14.6 Å². The first kappa shape index (κ1) is 22.0. The van der Waals surface area contributed by atoms with Crippen LogP contribution in [0.5, 0.6) is 11.5 Å². The summed E-state index contributed by atoms with van der Waals surface area (Å²) in [5, 5.41) is 0.896. The van der Waals surface area contributed by atoms with Gasteiger partial charge in [-0.1, -0.05) is 23.4 Å². The van der Waals surface area contributed by atoms with Crippen LogP contribution in [0.25, 0.3) is 0 Å². The largest absolute Gasteiger partial charge is 0.494 e.